The molecule has 2 N–H and O–H groups in total. The second kappa shape index (κ2) is 7.85. The fourth-order valence-electron chi connectivity index (χ4n) is 2.75. The third kappa shape index (κ3) is 4.32. The van der Waals surface area contributed by atoms with Crippen molar-refractivity contribution in [3.05, 3.63) is 71.4 Å². The Morgan fingerprint density at radius 1 is 1.11 bits per heavy atom. The van der Waals surface area contributed by atoms with E-state index in [1.54, 1.807) is 42.6 Å². The fourth-order valence-corrected chi connectivity index (χ4v) is 3.95. The molecule has 140 valence electrons. The van der Waals surface area contributed by atoms with E-state index < -0.39 is 10.0 Å². The Labute approximate surface area is 158 Å². The molecule has 0 aliphatic carbocycles. The standard InChI is InChI=1S/C20H21N3O3S/c1-3-21-20(24)16-9-7-15(8-10-16)13-23-27(25,26)18-6-4-5-17-11-14(2)12-22-19(17)18/h4-12,23H,3,13H2,1-2H3,(H,21,24). The van der Waals surface area contributed by atoms with Crippen LogP contribution in [-0.2, 0) is 16.6 Å². The summed E-state index contributed by atoms with van der Waals surface area (Å²) in [5.74, 6) is -0.151. The largest absolute Gasteiger partial charge is 0.352 e. The van der Waals surface area contributed by atoms with Crippen molar-refractivity contribution in [2.45, 2.75) is 25.3 Å². The summed E-state index contributed by atoms with van der Waals surface area (Å²) >= 11 is 0. The van der Waals surface area contributed by atoms with E-state index in [9.17, 15) is 13.2 Å². The Morgan fingerprint density at radius 3 is 2.56 bits per heavy atom. The summed E-state index contributed by atoms with van der Waals surface area (Å²) in [6.45, 7) is 4.44. The molecule has 1 amide bonds. The van der Waals surface area contributed by atoms with Crippen LogP contribution in [-0.4, -0.2) is 25.9 Å². The number of amides is 1. The second-order valence-corrected chi connectivity index (χ2v) is 7.96. The molecular formula is C20H21N3O3S. The first-order valence-corrected chi connectivity index (χ1v) is 10.1. The lowest BCUT2D eigenvalue weighted by Gasteiger charge is -2.10. The number of fused-ring (bicyclic) bond motifs is 1. The van der Waals surface area contributed by atoms with Crippen molar-refractivity contribution in [1.82, 2.24) is 15.0 Å². The number of hydrogen-bond acceptors (Lipinski definition) is 4. The minimum Gasteiger partial charge on any atom is -0.352 e. The Morgan fingerprint density at radius 2 is 1.85 bits per heavy atom. The molecule has 0 aliphatic rings. The number of sulfonamides is 1. The molecule has 27 heavy (non-hydrogen) atoms. The zero-order valence-electron chi connectivity index (χ0n) is 15.2. The van der Waals surface area contributed by atoms with Crippen molar-refractivity contribution in [2.24, 2.45) is 0 Å². The maximum atomic E-state index is 12.7. The van der Waals surface area contributed by atoms with Gasteiger partial charge in [0.2, 0.25) is 10.0 Å². The van der Waals surface area contributed by atoms with Gasteiger partial charge in [-0.3, -0.25) is 9.78 Å². The highest BCUT2D eigenvalue weighted by atomic mass is 32.2. The smallest absolute Gasteiger partial charge is 0.251 e. The number of rotatable bonds is 6. The van der Waals surface area contributed by atoms with Crippen LogP contribution in [0.25, 0.3) is 10.9 Å². The molecule has 0 saturated heterocycles. The average molecular weight is 383 g/mol. The lowest BCUT2D eigenvalue weighted by Crippen LogP contribution is -2.24. The number of pyridine rings is 1. The lowest BCUT2D eigenvalue weighted by molar-refractivity contribution is 0.0956. The molecule has 0 aliphatic heterocycles. The molecule has 7 heteroatoms. The molecular weight excluding hydrogens is 362 g/mol. The van der Waals surface area contributed by atoms with Gasteiger partial charge in [0.25, 0.3) is 5.91 Å². The van der Waals surface area contributed by atoms with E-state index in [2.05, 4.69) is 15.0 Å². The number of para-hydroxylation sites is 1. The third-order valence-electron chi connectivity index (χ3n) is 4.12. The summed E-state index contributed by atoms with van der Waals surface area (Å²) in [5, 5.41) is 3.50. The first-order valence-electron chi connectivity index (χ1n) is 8.63. The topological polar surface area (TPSA) is 88.2 Å². The van der Waals surface area contributed by atoms with Gasteiger partial charge in [-0.2, -0.15) is 0 Å². The van der Waals surface area contributed by atoms with Gasteiger partial charge in [0.1, 0.15) is 4.90 Å². The van der Waals surface area contributed by atoms with Gasteiger partial charge in [-0.05, 0) is 49.2 Å². The molecule has 3 aromatic rings. The van der Waals surface area contributed by atoms with Crippen molar-refractivity contribution < 1.29 is 13.2 Å². The van der Waals surface area contributed by atoms with Gasteiger partial charge >= 0.3 is 0 Å². The van der Waals surface area contributed by atoms with Crippen LogP contribution < -0.4 is 10.0 Å². The van der Waals surface area contributed by atoms with E-state index in [1.807, 2.05) is 26.0 Å². The van der Waals surface area contributed by atoms with Crippen molar-refractivity contribution in [2.75, 3.05) is 6.54 Å². The summed E-state index contributed by atoms with van der Waals surface area (Å²) in [6.07, 6.45) is 1.65. The zero-order chi connectivity index (χ0) is 19.4. The lowest BCUT2D eigenvalue weighted by atomic mass is 10.1. The SMILES string of the molecule is CCNC(=O)c1ccc(CNS(=O)(=O)c2cccc3cc(C)cnc23)cc1. The summed E-state index contributed by atoms with van der Waals surface area (Å²) in [4.78, 5) is 16.2. The van der Waals surface area contributed by atoms with Gasteiger partial charge < -0.3 is 5.32 Å². The highest BCUT2D eigenvalue weighted by molar-refractivity contribution is 7.89. The number of aromatic nitrogens is 1. The molecule has 2 aromatic carbocycles. The van der Waals surface area contributed by atoms with Crippen LogP contribution in [0.2, 0.25) is 0 Å². The highest BCUT2D eigenvalue weighted by Gasteiger charge is 2.18. The van der Waals surface area contributed by atoms with Crippen LogP contribution in [0.15, 0.2) is 59.6 Å². The van der Waals surface area contributed by atoms with Crippen molar-refractivity contribution in [3.63, 3.8) is 0 Å². The van der Waals surface area contributed by atoms with E-state index in [4.69, 9.17) is 0 Å². The minimum absolute atomic E-state index is 0.125. The predicted molar refractivity (Wildman–Crippen MR) is 105 cm³/mol. The third-order valence-corrected chi connectivity index (χ3v) is 5.55. The summed E-state index contributed by atoms with van der Waals surface area (Å²) in [6, 6.07) is 13.8. The molecule has 0 spiro atoms. The number of hydrogen-bond donors (Lipinski definition) is 2. The van der Waals surface area contributed by atoms with Gasteiger partial charge in [0.05, 0.1) is 5.52 Å². The first kappa shape index (κ1) is 19.0. The molecule has 0 radical (unpaired) electrons. The number of aryl methyl sites for hydroxylation is 1. The summed E-state index contributed by atoms with van der Waals surface area (Å²) in [5.41, 5.74) is 2.71. The van der Waals surface area contributed by atoms with Crippen LogP contribution in [0, 0.1) is 6.92 Å². The molecule has 1 heterocycles. The van der Waals surface area contributed by atoms with Crippen LogP contribution in [0.1, 0.15) is 28.4 Å². The molecule has 0 unspecified atom stereocenters. The Balaban J connectivity index is 1.79. The second-order valence-electron chi connectivity index (χ2n) is 6.22. The van der Waals surface area contributed by atoms with Crippen LogP contribution in [0.4, 0.5) is 0 Å². The molecule has 3 rings (SSSR count). The van der Waals surface area contributed by atoms with Gasteiger partial charge in [-0.1, -0.05) is 24.3 Å². The number of nitrogens with one attached hydrogen (secondary N) is 2. The van der Waals surface area contributed by atoms with Crippen LogP contribution >= 0.6 is 0 Å². The zero-order valence-corrected chi connectivity index (χ0v) is 16.0. The summed E-state index contributed by atoms with van der Waals surface area (Å²) in [7, 11) is -3.72. The quantitative estimate of drug-likeness (QED) is 0.685. The first-order chi connectivity index (χ1) is 12.9. The number of carbonyl (C=O) groups excluding carboxylic acids is 1. The normalized spacial score (nSPS) is 11.5. The van der Waals surface area contributed by atoms with Gasteiger partial charge in [-0.15, -0.1) is 0 Å². The molecule has 6 nitrogen and oxygen atoms in total. The predicted octanol–water partition coefficient (Wildman–Crippen LogP) is 2.77. The highest BCUT2D eigenvalue weighted by Crippen LogP contribution is 2.21. The van der Waals surface area contributed by atoms with Crippen molar-refractivity contribution >= 4 is 26.8 Å². The van der Waals surface area contributed by atoms with E-state index in [0.29, 0.717) is 17.6 Å². The maximum absolute atomic E-state index is 12.7. The number of nitrogens with zero attached hydrogens (tertiary/aromatic N) is 1. The average Bonchev–Trinajstić information content (AvgIpc) is 2.66. The van der Waals surface area contributed by atoms with Crippen molar-refractivity contribution in [3.8, 4) is 0 Å². The Bertz CT molecular complexity index is 1080. The summed E-state index contributed by atoms with van der Waals surface area (Å²) < 4.78 is 28.1. The molecule has 0 bridgehead atoms. The number of carbonyl (C=O) groups is 1. The molecule has 0 atom stereocenters. The Hall–Kier alpha value is -2.77. The molecule has 0 saturated carbocycles. The van der Waals surface area contributed by atoms with E-state index >= 15 is 0 Å². The van der Waals surface area contributed by atoms with Crippen molar-refractivity contribution in [1.29, 1.82) is 0 Å². The Kier molecular flexibility index (Phi) is 5.53. The van der Waals surface area contributed by atoms with Crippen LogP contribution in [0.5, 0.6) is 0 Å². The maximum Gasteiger partial charge on any atom is 0.251 e. The number of benzene rings is 2. The van der Waals surface area contributed by atoms with Crippen LogP contribution in [0.3, 0.4) is 0 Å². The molecule has 1 aromatic heterocycles. The van der Waals surface area contributed by atoms with E-state index in [-0.39, 0.29) is 17.3 Å². The van der Waals surface area contributed by atoms with Gasteiger partial charge in [-0.25, -0.2) is 13.1 Å². The molecule has 0 fully saturated rings. The minimum atomic E-state index is -3.72. The monoisotopic (exact) mass is 383 g/mol. The fraction of sp³-hybridized carbons (Fsp3) is 0.200. The van der Waals surface area contributed by atoms with E-state index in [1.165, 1.54) is 0 Å². The van der Waals surface area contributed by atoms with Gasteiger partial charge in [0.15, 0.2) is 0 Å². The van der Waals surface area contributed by atoms with E-state index in [0.717, 1.165) is 16.5 Å². The van der Waals surface area contributed by atoms with Gasteiger partial charge in [0, 0.05) is 30.2 Å².